The number of nitro benzene ring substituents is 1. The molecule has 0 aliphatic carbocycles. The van der Waals surface area contributed by atoms with Crippen molar-refractivity contribution in [2.45, 2.75) is 64.1 Å². The number of hydrogen-bond donors (Lipinski definition) is 1. The Labute approximate surface area is 298 Å². The number of ether oxygens (including phenoxy) is 1. The van der Waals surface area contributed by atoms with Crippen molar-refractivity contribution in [3.63, 3.8) is 0 Å². The number of carbonyl (C=O) groups is 2. The number of aryl methyl sites for hydroxylation is 2. The second-order valence-electron chi connectivity index (χ2n) is 13.0. The molecule has 50 heavy (non-hydrogen) atoms. The number of nitro groups is 1. The maximum Gasteiger partial charge on any atom is 0.273 e. The highest BCUT2D eigenvalue weighted by Crippen LogP contribution is 2.36. The summed E-state index contributed by atoms with van der Waals surface area (Å²) in [7, 11) is -3.34. The Bertz CT molecular complexity index is 1980. The summed E-state index contributed by atoms with van der Waals surface area (Å²) in [6.45, 7) is 8.08. The van der Waals surface area contributed by atoms with Crippen molar-refractivity contribution in [1.29, 1.82) is 0 Å². The maximum absolute atomic E-state index is 14.8. The maximum atomic E-state index is 14.8. The van der Waals surface area contributed by atoms with Crippen molar-refractivity contribution in [2.24, 2.45) is 0 Å². The fraction of sp³-hybridized carbons (Fsp3) is 0.297. The molecular weight excluding hydrogens is 680 g/mol. The number of nitrogens with zero attached hydrogens (tertiary/aromatic N) is 3. The molecule has 0 aromatic heterocycles. The van der Waals surface area contributed by atoms with Gasteiger partial charge in [-0.1, -0.05) is 77.8 Å². The van der Waals surface area contributed by atoms with Gasteiger partial charge in [-0.05, 0) is 70.0 Å². The predicted molar refractivity (Wildman–Crippen MR) is 194 cm³/mol. The molecule has 0 saturated carbocycles. The lowest BCUT2D eigenvalue weighted by molar-refractivity contribution is -0.385. The first-order valence-corrected chi connectivity index (χ1v) is 17.6. The van der Waals surface area contributed by atoms with Gasteiger partial charge in [0.05, 0.1) is 22.6 Å². The first-order valence-electron chi connectivity index (χ1n) is 15.8. The molecular formula is C37H41ClN4O7S. The van der Waals surface area contributed by atoms with E-state index < -0.39 is 55.5 Å². The van der Waals surface area contributed by atoms with Crippen molar-refractivity contribution in [3.05, 3.63) is 128 Å². The molecule has 4 aromatic rings. The molecule has 1 N–H and O–H groups in total. The lowest BCUT2D eigenvalue weighted by atomic mass is 10.0. The lowest BCUT2D eigenvalue weighted by Crippen LogP contribution is -2.56. The highest BCUT2D eigenvalue weighted by atomic mass is 35.5. The summed E-state index contributed by atoms with van der Waals surface area (Å²) in [5, 5.41) is 15.0. The summed E-state index contributed by atoms with van der Waals surface area (Å²) in [4.78, 5) is 40.9. The number of hydrogen-bond acceptors (Lipinski definition) is 7. The van der Waals surface area contributed by atoms with Crippen LogP contribution in [0.1, 0.15) is 43.0 Å². The van der Waals surface area contributed by atoms with E-state index in [1.807, 2.05) is 82.3 Å². The van der Waals surface area contributed by atoms with Gasteiger partial charge in [0, 0.05) is 35.2 Å². The van der Waals surface area contributed by atoms with Crippen molar-refractivity contribution in [1.82, 2.24) is 10.2 Å². The molecule has 0 unspecified atom stereocenters. The van der Waals surface area contributed by atoms with Gasteiger partial charge in [-0.2, -0.15) is 0 Å². The number of anilines is 1. The fourth-order valence-corrected chi connectivity index (χ4v) is 7.06. The topological polar surface area (TPSA) is 139 Å². The summed E-state index contributed by atoms with van der Waals surface area (Å²) in [5.74, 6) is -1.04. The molecule has 13 heteroatoms. The van der Waals surface area contributed by atoms with Crippen molar-refractivity contribution < 1.29 is 27.7 Å². The van der Waals surface area contributed by atoms with Gasteiger partial charge in [0.15, 0.2) is 0 Å². The van der Waals surface area contributed by atoms with Gasteiger partial charge in [0.1, 0.15) is 18.3 Å². The Balaban J connectivity index is 1.91. The van der Waals surface area contributed by atoms with E-state index in [2.05, 4.69) is 5.32 Å². The zero-order chi connectivity index (χ0) is 36.8. The number of carbonyl (C=O) groups excluding carboxylic acids is 2. The van der Waals surface area contributed by atoms with Crippen LogP contribution in [0.15, 0.2) is 95.9 Å². The molecule has 0 fully saturated rings. The first-order chi connectivity index (χ1) is 23.5. The molecule has 0 bridgehead atoms. The van der Waals surface area contributed by atoms with E-state index in [1.165, 1.54) is 49.3 Å². The minimum Gasteiger partial charge on any atom is -0.495 e. The molecule has 0 radical (unpaired) electrons. The number of sulfonamides is 1. The fourth-order valence-electron chi connectivity index (χ4n) is 5.46. The van der Waals surface area contributed by atoms with Crippen molar-refractivity contribution in [3.8, 4) is 5.75 Å². The highest BCUT2D eigenvalue weighted by molar-refractivity contribution is 7.92. The summed E-state index contributed by atoms with van der Waals surface area (Å²) < 4.78 is 35.3. The number of halogens is 1. The summed E-state index contributed by atoms with van der Waals surface area (Å²) in [5.41, 5.74) is 1.59. The van der Waals surface area contributed by atoms with Crippen LogP contribution >= 0.6 is 11.6 Å². The zero-order valence-corrected chi connectivity index (χ0v) is 30.4. The number of amides is 2. The highest BCUT2D eigenvalue weighted by Gasteiger charge is 2.37. The van der Waals surface area contributed by atoms with E-state index in [-0.39, 0.29) is 35.0 Å². The van der Waals surface area contributed by atoms with Crippen LogP contribution < -0.4 is 14.4 Å². The van der Waals surface area contributed by atoms with E-state index >= 15 is 0 Å². The lowest BCUT2D eigenvalue weighted by Gasteiger charge is -2.35. The van der Waals surface area contributed by atoms with Crippen molar-refractivity contribution >= 4 is 44.8 Å². The molecule has 4 rings (SSSR count). The van der Waals surface area contributed by atoms with Crippen molar-refractivity contribution in [2.75, 3.05) is 18.0 Å². The van der Waals surface area contributed by atoms with Gasteiger partial charge < -0.3 is 15.0 Å². The van der Waals surface area contributed by atoms with Crippen LogP contribution in [-0.2, 0) is 32.6 Å². The minimum absolute atomic E-state index is 0.0217. The monoisotopic (exact) mass is 720 g/mol. The summed E-state index contributed by atoms with van der Waals surface area (Å²) in [6.07, 6.45) is 0.137. The predicted octanol–water partition coefficient (Wildman–Crippen LogP) is 6.62. The van der Waals surface area contributed by atoms with Gasteiger partial charge in [0.25, 0.3) is 15.7 Å². The molecule has 0 spiro atoms. The van der Waals surface area contributed by atoms with Gasteiger partial charge in [-0.3, -0.25) is 24.0 Å². The minimum atomic E-state index is -4.68. The van der Waals surface area contributed by atoms with E-state index in [0.717, 1.165) is 27.1 Å². The van der Waals surface area contributed by atoms with Crippen LogP contribution in [0.4, 0.5) is 11.4 Å². The van der Waals surface area contributed by atoms with E-state index in [9.17, 15) is 28.1 Å². The Morgan fingerprint density at radius 1 is 0.940 bits per heavy atom. The molecule has 0 heterocycles. The Hall–Kier alpha value is -4.94. The third-order valence-corrected chi connectivity index (χ3v) is 9.85. The largest absolute Gasteiger partial charge is 0.495 e. The van der Waals surface area contributed by atoms with Gasteiger partial charge in [-0.25, -0.2) is 8.42 Å². The number of rotatable bonds is 13. The number of methoxy groups -OCH3 is 1. The quantitative estimate of drug-likeness (QED) is 0.121. The van der Waals surface area contributed by atoms with Crippen LogP contribution in [-0.4, -0.2) is 55.3 Å². The molecule has 0 aliphatic heterocycles. The van der Waals surface area contributed by atoms with Gasteiger partial charge in [0.2, 0.25) is 11.8 Å². The third kappa shape index (κ3) is 9.39. The average molecular weight is 721 g/mol. The molecule has 1 atom stereocenters. The third-order valence-electron chi connectivity index (χ3n) is 7.86. The second-order valence-corrected chi connectivity index (χ2v) is 15.3. The Kier molecular flexibility index (Phi) is 11.9. The van der Waals surface area contributed by atoms with Crippen LogP contribution in [0.2, 0.25) is 5.02 Å². The van der Waals surface area contributed by atoms with Crippen LogP contribution in [0.5, 0.6) is 5.75 Å². The molecule has 11 nitrogen and oxygen atoms in total. The number of nitrogens with one attached hydrogen (secondary N) is 1. The summed E-state index contributed by atoms with van der Waals surface area (Å²) >= 11 is 6.35. The van der Waals surface area contributed by atoms with Gasteiger partial charge >= 0.3 is 0 Å². The molecule has 0 saturated heterocycles. The van der Waals surface area contributed by atoms with Crippen LogP contribution in [0, 0.1) is 24.0 Å². The van der Waals surface area contributed by atoms with Crippen LogP contribution in [0.25, 0.3) is 0 Å². The van der Waals surface area contributed by atoms with E-state index in [1.54, 1.807) is 0 Å². The molecule has 4 aromatic carbocycles. The summed E-state index contributed by atoms with van der Waals surface area (Å²) in [6, 6.07) is 23.5. The van der Waals surface area contributed by atoms with E-state index in [0.29, 0.717) is 0 Å². The SMILES string of the molecule is COc1ccc(Cl)cc1N(CC(=O)N(Cc1cccc(C)c1)[C@H](Cc1ccccc1)C(=O)NC(C)(C)C)S(=O)(=O)c1ccc(C)c([N+](=O)[O-])c1. The normalized spacial score (nSPS) is 12.1. The molecule has 264 valence electrons. The molecule has 0 aliphatic rings. The standard InChI is InChI=1S/C37H41ClN4O7S/c1-25-11-10-14-28(19-25)23-40(33(36(44)39-37(3,4)5)20-27-12-8-7-9-13-27)35(43)24-41(32-21-29(38)16-18-34(32)49-6)50(47,48)30-17-15-26(2)31(22-30)42(45)46/h7-19,21-22,33H,20,23-24H2,1-6H3,(H,39,44)/t33-/m1/s1. The number of benzene rings is 4. The second kappa shape index (κ2) is 15.7. The smallest absolute Gasteiger partial charge is 0.273 e. The molecule has 2 amide bonds. The van der Waals surface area contributed by atoms with Crippen LogP contribution in [0.3, 0.4) is 0 Å². The first kappa shape index (κ1) is 37.9. The Morgan fingerprint density at radius 3 is 2.24 bits per heavy atom. The van der Waals surface area contributed by atoms with E-state index in [4.69, 9.17) is 16.3 Å². The van der Waals surface area contributed by atoms with Gasteiger partial charge in [-0.15, -0.1) is 0 Å². The zero-order valence-electron chi connectivity index (χ0n) is 28.8. The average Bonchev–Trinajstić information content (AvgIpc) is 3.04. The Morgan fingerprint density at radius 2 is 1.62 bits per heavy atom.